The van der Waals surface area contributed by atoms with Crippen molar-refractivity contribution in [3.8, 4) is 5.75 Å². The average Bonchev–Trinajstić information content (AvgIpc) is 2.60. The van der Waals surface area contributed by atoms with Crippen LogP contribution in [0.25, 0.3) is 0 Å². The van der Waals surface area contributed by atoms with Crippen LogP contribution in [0.4, 0.5) is 13.2 Å². The number of alkyl halides is 3. The number of hydrogen-bond donors (Lipinski definition) is 2. The molecule has 0 spiro atoms. The van der Waals surface area contributed by atoms with Crippen LogP contribution >= 0.6 is 0 Å². The van der Waals surface area contributed by atoms with E-state index in [4.69, 9.17) is 4.74 Å². The Hall–Kier alpha value is -2.05. The summed E-state index contributed by atoms with van der Waals surface area (Å²) in [7, 11) is 0. The summed E-state index contributed by atoms with van der Waals surface area (Å²) in [6.07, 6.45) is -4.32. The molecule has 2 N–H and O–H groups in total. The molecule has 0 aliphatic heterocycles. The van der Waals surface area contributed by atoms with Crippen LogP contribution in [0.1, 0.15) is 37.9 Å². The molecule has 1 unspecified atom stereocenters. The van der Waals surface area contributed by atoms with Crippen molar-refractivity contribution in [1.29, 1.82) is 0 Å². The SMILES string of the molecule is CC(NC(C)(C)CNCc1ccc(OCC(F)(F)F)cc1)c1ccccc1. The molecule has 6 heteroatoms. The van der Waals surface area contributed by atoms with Crippen molar-refractivity contribution in [2.75, 3.05) is 13.2 Å². The van der Waals surface area contributed by atoms with Gasteiger partial charge in [0.2, 0.25) is 0 Å². The zero-order valence-electron chi connectivity index (χ0n) is 15.9. The number of rotatable bonds is 9. The first-order valence-corrected chi connectivity index (χ1v) is 8.96. The maximum Gasteiger partial charge on any atom is 0.422 e. The first-order chi connectivity index (χ1) is 12.6. The van der Waals surface area contributed by atoms with Gasteiger partial charge in [-0.1, -0.05) is 42.5 Å². The average molecular weight is 380 g/mol. The lowest BCUT2D eigenvalue weighted by atomic mass is 10.0. The molecule has 2 aromatic carbocycles. The van der Waals surface area contributed by atoms with Crippen LogP contribution in [0.5, 0.6) is 5.75 Å². The van der Waals surface area contributed by atoms with Gasteiger partial charge < -0.3 is 15.4 Å². The fraction of sp³-hybridized carbons (Fsp3) is 0.429. The van der Waals surface area contributed by atoms with Crippen molar-refractivity contribution in [3.63, 3.8) is 0 Å². The van der Waals surface area contributed by atoms with Crippen molar-refractivity contribution in [3.05, 3.63) is 65.7 Å². The molecule has 0 fully saturated rings. The number of nitrogens with one attached hydrogen (secondary N) is 2. The monoisotopic (exact) mass is 380 g/mol. The molecule has 0 aromatic heterocycles. The van der Waals surface area contributed by atoms with Crippen LogP contribution in [-0.4, -0.2) is 24.9 Å². The largest absolute Gasteiger partial charge is 0.484 e. The summed E-state index contributed by atoms with van der Waals surface area (Å²) in [6, 6.07) is 17.1. The van der Waals surface area contributed by atoms with Gasteiger partial charge in [-0.25, -0.2) is 0 Å². The highest BCUT2D eigenvalue weighted by Gasteiger charge is 2.28. The van der Waals surface area contributed by atoms with Crippen molar-refractivity contribution in [2.45, 2.75) is 45.1 Å². The van der Waals surface area contributed by atoms with E-state index < -0.39 is 12.8 Å². The van der Waals surface area contributed by atoms with E-state index in [0.29, 0.717) is 6.54 Å². The Labute approximate surface area is 158 Å². The predicted octanol–water partition coefficient (Wildman–Crippen LogP) is 4.85. The third kappa shape index (κ3) is 8.01. The summed E-state index contributed by atoms with van der Waals surface area (Å²) in [5.74, 6) is 0.217. The fourth-order valence-electron chi connectivity index (χ4n) is 2.85. The number of benzene rings is 2. The van der Waals surface area contributed by atoms with E-state index in [-0.39, 0.29) is 17.3 Å². The Balaban J connectivity index is 1.77. The van der Waals surface area contributed by atoms with Crippen LogP contribution in [-0.2, 0) is 6.54 Å². The molecule has 0 aliphatic carbocycles. The molecule has 2 rings (SSSR count). The molecule has 0 aliphatic rings. The van der Waals surface area contributed by atoms with Crippen molar-refractivity contribution in [2.24, 2.45) is 0 Å². The zero-order valence-corrected chi connectivity index (χ0v) is 15.9. The minimum atomic E-state index is -4.32. The Morgan fingerprint density at radius 2 is 1.59 bits per heavy atom. The molecule has 0 saturated heterocycles. The smallest absolute Gasteiger partial charge is 0.422 e. The molecule has 0 amide bonds. The van der Waals surface area contributed by atoms with Crippen LogP contribution in [0.15, 0.2) is 54.6 Å². The van der Waals surface area contributed by atoms with Gasteiger partial charge in [0.05, 0.1) is 0 Å². The van der Waals surface area contributed by atoms with Gasteiger partial charge in [-0.05, 0) is 44.0 Å². The maximum absolute atomic E-state index is 12.2. The van der Waals surface area contributed by atoms with E-state index >= 15 is 0 Å². The summed E-state index contributed by atoms with van der Waals surface area (Å²) in [4.78, 5) is 0. The maximum atomic E-state index is 12.2. The predicted molar refractivity (Wildman–Crippen MR) is 102 cm³/mol. The summed E-state index contributed by atoms with van der Waals surface area (Å²) >= 11 is 0. The van der Waals surface area contributed by atoms with E-state index in [2.05, 4.69) is 43.5 Å². The number of ether oxygens (including phenoxy) is 1. The molecule has 0 heterocycles. The van der Waals surface area contributed by atoms with E-state index in [1.807, 2.05) is 18.2 Å². The summed E-state index contributed by atoms with van der Waals surface area (Å²) in [6.45, 7) is 6.50. The van der Waals surface area contributed by atoms with Crippen molar-refractivity contribution < 1.29 is 17.9 Å². The Bertz CT molecular complexity index is 685. The topological polar surface area (TPSA) is 33.3 Å². The highest BCUT2D eigenvalue weighted by atomic mass is 19.4. The van der Waals surface area contributed by atoms with Crippen molar-refractivity contribution >= 4 is 0 Å². The second-order valence-corrected chi connectivity index (χ2v) is 7.31. The normalized spacial score (nSPS) is 13.4. The highest BCUT2D eigenvalue weighted by molar-refractivity contribution is 5.27. The lowest BCUT2D eigenvalue weighted by molar-refractivity contribution is -0.153. The minimum absolute atomic E-state index is 0.120. The van der Waals surface area contributed by atoms with Gasteiger partial charge in [-0.2, -0.15) is 13.2 Å². The Morgan fingerprint density at radius 3 is 2.19 bits per heavy atom. The molecule has 1 atom stereocenters. The molecule has 3 nitrogen and oxygen atoms in total. The molecule has 2 aromatic rings. The van der Waals surface area contributed by atoms with Gasteiger partial charge in [0.15, 0.2) is 6.61 Å². The molecule has 0 saturated carbocycles. The van der Waals surface area contributed by atoms with Gasteiger partial charge in [-0.15, -0.1) is 0 Å². The van der Waals surface area contributed by atoms with Gasteiger partial charge in [0.25, 0.3) is 0 Å². The summed E-state index contributed by atoms with van der Waals surface area (Å²) in [5, 5.41) is 7.00. The second kappa shape index (κ2) is 9.24. The van der Waals surface area contributed by atoms with Gasteiger partial charge in [0.1, 0.15) is 5.75 Å². The number of halogens is 3. The molecule has 0 radical (unpaired) electrons. The number of hydrogen-bond acceptors (Lipinski definition) is 3. The minimum Gasteiger partial charge on any atom is -0.484 e. The highest BCUT2D eigenvalue weighted by Crippen LogP contribution is 2.19. The molecule has 0 bridgehead atoms. The third-order valence-corrected chi connectivity index (χ3v) is 4.13. The van der Waals surface area contributed by atoms with Gasteiger partial charge in [0, 0.05) is 24.7 Å². The van der Waals surface area contributed by atoms with Crippen LogP contribution < -0.4 is 15.4 Å². The molecular formula is C21H27F3N2O. The van der Waals surface area contributed by atoms with E-state index in [9.17, 15) is 13.2 Å². The van der Waals surface area contributed by atoms with Crippen molar-refractivity contribution in [1.82, 2.24) is 10.6 Å². The lowest BCUT2D eigenvalue weighted by Crippen LogP contribution is -2.48. The fourth-order valence-corrected chi connectivity index (χ4v) is 2.85. The summed E-state index contributed by atoms with van der Waals surface area (Å²) in [5.41, 5.74) is 2.10. The molecular weight excluding hydrogens is 353 g/mol. The Kier molecular flexibility index (Phi) is 7.27. The van der Waals surface area contributed by atoms with Gasteiger partial charge in [-0.3, -0.25) is 0 Å². The van der Waals surface area contributed by atoms with Gasteiger partial charge >= 0.3 is 6.18 Å². The van der Waals surface area contributed by atoms with Crippen LogP contribution in [0.2, 0.25) is 0 Å². The molecule has 27 heavy (non-hydrogen) atoms. The second-order valence-electron chi connectivity index (χ2n) is 7.31. The summed E-state index contributed by atoms with van der Waals surface area (Å²) < 4.78 is 41.2. The van der Waals surface area contributed by atoms with Crippen LogP contribution in [0.3, 0.4) is 0 Å². The van der Waals surface area contributed by atoms with E-state index in [1.54, 1.807) is 24.3 Å². The first kappa shape index (κ1) is 21.3. The van der Waals surface area contributed by atoms with E-state index in [0.717, 1.165) is 12.1 Å². The molecule has 148 valence electrons. The quantitative estimate of drug-likeness (QED) is 0.653. The lowest BCUT2D eigenvalue weighted by Gasteiger charge is -2.31. The standard InChI is InChI=1S/C21H27F3N2O/c1-16(18-7-5-4-6-8-18)26-20(2,3)14-25-13-17-9-11-19(12-10-17)27-15-21(22,23)24/h4-12,16,25-26H,13-15H2,1-3H3. The zero-order chi connectivity index (χ0) is 19.9. The first-order valence-electron chi connectivity index (χ1n) is 8.96. The van der Waals surface area contributed by atoms with Crippen LogP contribution in [0, 0.1) is 0 Å². The third-order valence-electron chi connectivity index (χ3n) is 4.13. The Morgan fingerprint density at radius 1 is 0.963 bits per heavy atom. The van der Waals surface area contributed by atoms with E-state index in [1.165, 1.54) is 5.56 Å².